The van der Waals surface area contributed by atoms with E-state index in [9.17, 15) is 44.0 Å². The Balaban J connectivity index is 0.000000196. The zero-order chi connectivity index (χ0) is 47.2. The summed E-state index contributed by atoms with van der Waals surface area (Å²) in [4.78, 5) is 29.1. The number of rotatable bonds is 12. The van der Waals surface area contributed by atoms with Gasteiger partial charge in [0.1, 0.15) is 41.3 Å². The molecule has 0 spiro atoms. The Hall–Kier alpha value is -5.94. The largest absolute Gasteiger partial charge is 0.334 e. The maximum Gasteiger partial charge on any atom is 0.267 e. The molecule has 0 saturated carbocycles. The number of amides is 2. The Labute approximate surface area is 390 Å². The molecule has 10 nitrogen and oxygen atoms in total. The molecule has 0 radical (unpaired) electrons. The van der Waals surface area contributed by atoms with E-state index in [0.29, 0.717) is 36.0 Å². The summed E-state index contributed by atoms with van der Waals surface area (Å²) in [6.07, 6.45) is 2.84. The molecule has 0 aromatic heterocycles. The van der Waals surface area contributed by atoms with Gasteiger partial charge in [0.25, 0.3) is 20.0 Å². The van der Waals surface area contributed by atoms with Crippen LogP contribution in [0.4, 0.5) is 28.9 Å². The van der Waals surface area contributed by atoms with Crippen LogP contribution in [0.2, 0.25) is 10.0 Å². The van der Waals surface area contributed by atoms with Gasteiger partial charge in [-0.2, -0.15) is 0 Å². The summed E-state index contributed by atoms with van der Waals surface area (Å²) >= 11 is 11.9. The van der Waals surface area contributed by atoms with E-state index in [1.807, 2.05) is 0 Å². The van der Waals surface area contributed by atoms with E-state index in [1.54, 1.807) is 34.1 Å². The first-order valence-corrected chi connectivity index (χ1v) is 24.3. The van der Waals surface area contributed by atoms with E-state index in [1.165, 1.54) is 97.1 Å². The quantitative estimate of drug-likeness (QED) is 0.113. The van der Waals surface area contributed by atoms with Gasteiger partial charge in [-0.3, -0.25) is 18.2 Å². The topological polar surface area (TPSA) is 115 Å². The van der Waals surface area contributed by atoms with Gasteiger partial charge >= 0.3 is 0 Å². The number of sulfonamides is 2. The summed E-state index contributed by atoms with van der Waals surface area (Å²) in [6.45, 7) is -0.0986. The summed E-state index contributed by atoms with van der Waals surface area (Å²) in [6, 6.07) is 32.9. The summed E-state index contributed by atoms with van der Waals surface area (Å²) < 4.78 is 110. The second-order valence-corrected chi connectivity index (χ2v) is 20.0. The molecule has 2 fully saturated rings. The molecule has 0 N–H and O–H groups in total. The third kappa shape index (κ3) is 11.0. The fourth-order valence-corrected chi connectivity index (χ4v) is 11.2. The lowest BCUT2D eigenvalue weighted by Crippen LogP contribution is -2.43. The van der Waals surface area contributed by atoms with E-state index < -0.39 is 61.5 Å². The molecule has 2 amide bonds. The van der Waals surface area contributed by atoms with Crippen molar-refractivity contribution in [3.05, 3.63) is 190 Å². The van der Waals surface area contributed by atoms with Gasteiger partial charge in [-0.15, -0.1) is 0 Å². The van der Waals surface area contributed by atoms with E-state index in [2.05, 4.69) is 0 Å². The number of halogens is 6. The third-order valence-corrected chi connectivity index (χ3v) is 15.3. The highest BCUT2D eigenvalue weighted by Gasteiger charge is 2.36. The molecule has 2 saturated heterocycles. The first-order valence-electron chi connectivity index (χ1n) is 20.7. The van der Waals surface area contributed by atoms with Crippen molar-refractivity contribution in [1.82, 2.24) is 9.80 Å². The predicted molar refractivity (Wildman–Crippen MR) is 245 cm³/mol. The van der Waals surface area contributed by atoms with Gasteiger partial charge in [-0.1, -0.05) is 65.7 Å². The Morgan fingerprint density at radius 3 is 1.41 bits per heavy atom. The van der Waals surface area contributed by atoms with Crippen LogP contribution >= 0.6 is 23.2 Å². The van der Waals surface area contributed by atoms with Crippen molar-refractivity contribution in [2.75, 3.05) is 34.8 Å². The number of benzene rings is 6. The van der Waals surface area contributed by atoms with Crippen LogP contribution in [-0.2, 0) is 29.6 Å². The van der Waals surface area contributed by atoms with Crippen molar-refractivity contribution >= 4 is 66.4 Å². The highest BCUT2D eigenvalue weighted by atomic mass is 35.5. The van der Waals surface area contributed by atoms with Crippen LogP contribution < -0.4 is 8.61 Å². The summed E-state index contributed by atoms with van der Waals surface area (Å²) in [7, 11) is -8.64. The molecule has 2 atom stereocenters. The Morgan fingerprint density at radius 1 is 0.530 bits per heavy atom. The highest BCUT2D eigenvalue weighted by Crippen LogP contribution is 2.35. The van der Waals surface area contributed by atoms with Gasteiger partial charge in [-0.25, -0.2) is 34.4 Å². The van der Waals surface area contributed by atoms with Crippen LogP contribution in [0.5, 0.6) is 0 Å². The number of hydrogen-bond donors (Lipinski definition) is 0. The molecule has 8 rings (SSSR count). The normalized spacial score (nSPS) is 16.1. The van der Waals surface area contributed by atoms with Crippen molar-refractivity contribution in [1.29, 1.82) is 0 Å². The van der Waals surface area contributed by atoms with Crippen LogP contribution in [-0.4, -0.2) is 64.6 Å². The summed E-state index contributed by atoms with van der Waals surface area (Å²) in [5, 5.41) is 0.799. The smallest absolute Gasteiger partial charge is 0.267 e. The van der Waals surface area contributed by atoms with Crippen molar-refractivity contribution in [3.8, 4) is 0 Å². The van der Waals surface area contributed by atoms with Gasteiger partial charge in [0.15, 0.2) is 0 Å². The number of likely N-dealkylation sites (tertiary alicyclic amines) is 2. The Morgan fingerprint density at radius 2 is 0.970 bits per heavy atom. The lowest BCUT2D eigenvalue weighted by molar-refractivity contribution is -0.131. The predicted octanol–water partition coefficient (Wildman–Crippen LogP) is 10.4. The average molecular weight is 982 g/mol. The van der Waals surface area contributed by atoms with Gasteiger partial charge < -0.3 is 9.80 Å². The first kappa shape index (κ1) is 48.0. The average Bonchev–Trinajstić information content (AvgIpc) is 4.01. The lowest BCUT2D eigenvalue weighted by Gasteiger charge is -2.30. The van der Waals surface area contributed by atoms with Gasteiger partial charge in [0.2, 0.25) is 11.8 Å². The third-order valence-electron chi connectivity index (χ3n) is 11.2. The minimum atomic E-state index is -4.39. The number of hydrogen-bond acceptors (Lipinski definition) is 6. The van der Waals surface area contributed by atoms with Crippen LogP contribution in [0.3, 0.4) is 0 Å². The minimum Gasteiger partial charge on any atom is -0.334 e. The summed E-state index contributed by atoms with van der Waals surface area (Å²) in [5.74, 6) is -3.19. The van der Waals surface area contributed by atoms with E-state index in [-0.39, 0.29) is 40.0 Å². The zero-order valence-corrected chi connectivity index (χ0v) is 38.1. The molecule has 2 aliphatic heterocycles. The van der Waals surface area contributed by atoms with Crippen molar-refractivity contribution in [2.24, 2.45) is 0 Å². The Bertz CT molecular complexity index is 2900. The molecule has 6 aromatic rings. The van der Waals surface area contributed by atoms with E-state index in [4.69, 9.17) is 23.2 Å². The molecule has 18 heteroatoms. The lowest BCUT2D eigenvalue weighted by atomic mass is 10.0. The minimum absolute atomic E-state index is 0.188. The maximum atomic E-state index is 14.4. The fraction of sp³-hybridized carbons (Fsp3) is 0.208. The van der Waals surface area contributed by atoms with Crippen molar-refractivity contribution in [3.63, 3.8) is 0 Å². The fourth-order valence-electron chi connectivity index (χ4n) is 7.99. The molecule has 0 bridgehead atoms. The van der Waals surface area contributed by atoms with Crippen molar-refractivity contribution in [2.45, 2.75) is 47.6 Å². The molecule has 2 aliphatic rings. The van der Waals surface area contributed by atoms with Gasteiger partial charge in [0.05, 0.1) is 28.4 Å². The van der Waals surface area contributed by atoms with Crippen LogP contribution in [0.25, 0.3) is 0 Å². The number of carbonyl (C=O) groups is 2. The van der Waals surface area contributed by atoms with Crippen LogP contribution in [0.15, 0.2) is 155 Å². The summed E-state index contributed by atoms with van der Waals surface area (Å²) in [5.41, 5.74) is 1.98. The number of anilines is 2. The second-order valence-electron chi connectivity index (χ2n) is 15.5. The molecule has 2 heterocycles. The highest BCUT2D eigenvalue weighted by molar-refractivity contribution is 7.93. The molecule has 344 valence electrons. The van der Waals surface area contributed by atoms with Crippen molar-refractivity contribution < 1.29 is 44.0 Å². The molecule has 66 heavy (non-hydrogen) atoms. The second kappa shape index (κ2) is 20.7. The maximum absolute atomic E-state index is 14.4. The molecular formula is C48H42Cl2F4N4O6S2. The monoisotopic (exact) mass is 980 g/mol. The molecule has 0 aliphatic carbocycles. The molecular weight excluding hydrogens is 940 g/mol. The standard InChI is InChI=1S/2C24H21ClF2N2O3S/c25-18-8-12-21(13-9-18)29(33(31,32)22-4-1-3-20(27)15-22)16-24(30)28-14-2-5-23(28)17-6-10-19(26)11-7-17;25-18-9-13-20(14-10-18)29(33(31,32)23-6-2-1-4-21(23)27)16-24(30)28-15-3-5-22(28)17-7-11-19(26)12-8-17/h1,3-4,6-13,15,23H,2,5,14,16H2;1-2,4,6-14,22H,3,5,15-16H2. The van der Waals surface area contributed by atoms with Crippen LogP contribution in [0, 0.1) is 23.3 Å². The Kier molecular flexibility index (Phi) is 15.1. The van der Waals surface area contributed by atoms with Gasteiger partial charge in [0, 0.05) is 23.1 Å². The number of nitrogens with zero attached hydrogens (tertiary/aromatic N) is 4. The first-order chi connectivity index (χ1) is 31.5. The van der Waals surface area contributed by atoms with Gasteiger partial charge in [-0.05, 0) is 140 Å². The zero-order valence-electron chi connectivity index (χ0n) is 35.0. The van der Waals surface area contributed by atoms with E-state index in [0.717, 1.165) is 56.8 Å². The van der Waals surface area contributed by atoms with E-state index >= 15 is 0 Å². The molecule has 6 aromatic carbocycles. The van der Waals surface area contributed by atoms with Crippen LogP contribution in [0.1, 0.15) is 48.9 Å². The SMILES string of the molecule is O=C(CN(c1ccc(Cl)cc1)S(=O)(=O)c1cccc(F)c1)N1CCCC1c1ccc(F)cc1.O=C(CN(c1ccc(Cl)cc1)S(=O)(=O)c1ccccc1F)N1CCCC1c1ccc(F)cc1. The molecule has 2 unspecified atom stereocenters. The number of carbonyl (C=O) groups excluding carboxylic acids is 2.